The Morgan fingerprint density at radius 1 is 1.09 bits per heavy atom. The van der Waals surface area contributed by atoms with Gasteiger partial charge in [-0.25, -0.2) is 0 Å². The molecule has 5 nitrogen and oxygen atoms in total. The van der Waals surface area contributed by atoms with E-state index in [0.717, 1.165) is 10.9 Å². The van der Waals surface area contributed by atoms with Crippen molar-refractivity contribution in [1.29, 1.82) is 0 Å². The van der Waals surface area contributed by atoms with E-state index in [-0.39, 0.29) is 12.5 Å². The predicted molar refractivity (Wildman–Crippen MR) is 91.1 cm³/mol. The van der Waals surface area contributed by atoms with Gasteiger partial charge in [0.05, 0.1) is 4.47 Å². The monoisotopic (exact) mass is 376 g/mol. The Morgan fingerprint density at radius 3 is 2.48 bits per heavy atom. The van der Waals surface area contributed by atoms with Crippen molar-refractivity contribution in [3.8, 4) is 5.75 Å². The summed E-state index contributed by atoms with van der Waals surface area (Å²) < 4.78 is 6.22. The van der Waals surface area contributed by atoms with Crippen LogP contribution in [-0.4, -0.2) is 18.4 Å². The van der Waals surface area contributed by atoms with Gasteiger partial charge < -0.3 is 4.74 Å². The molecule has 0 unspecified atom stereocenters. The number of hydrogen-bond donors (Lipinski definition) is 2. The third kappa shape index (κ3) is 5.10. The Labute approximate surface area is 143 Å². The largest absolute Gasteiger partial charge is 0.483 e. The zero-order valence-electron chi connectivity index (χ0n) is 12.6. The smallest absolute Gasteiger partial charge is 0.276 e. The number of ether oxygens (including phenoxy) is 1. The molecule has 2 N–H and O–H groups in total. The third-order valence-electron chi connectivity index (χ3n) is 3.11. The molecular weight excluding hydrogens is 360 g/mol. The Morgan fingerprint density at radius 2 is 1.83 bits per heavy atom. The van der Waals surface area contributed by atoms with Gasteiger partial charge in [-0.15, -0.1) is 0 Å². The third-order valence-corrected chi connectivity index (χ3v) is 3.73. The summed E-state index contributed by atoms with van der Waals surface area (Å²) in [5.74, 6) is -0.250. The van der Waals surface area contributed by atoms with Crippen molar-refractivity contribution >= 4 is 27.7 Å². The average molecular weight is 377 g/mol. The predicted octanol–water partition coefficient (Wildman–Crippen LogP) is 2.85. The number of nitrogens with one attached hydrogen (secondary N) is 2. The number of benzene rings is 2. The van der Waals surface area contributed by atoms with Gasteiger partial charge in [0.15, 0.2) is 6.61 Å². The highest BCUT2D eigenvalue weighted by molar-refractivity contribution is 9.10. The summed E-state index contributed by atoms with van der Waals surface area (Å²) in [7, 11) is 0. The van der Waals surface area contributed by atoms with Crippen molar-refractivity contribution in [1.82, 2.24) is 10.9 Å². The van der Waals surface area contributed by atoms with Crippen LogP contribution < -0.4 is 15.6 Å². The van der Waals surface area contributed by atoms with Crippen molar-refractivity contribution in [3.63, 3.8) is 0 Å². The first-order valence-corrected chi connectivity index (χ1v) is 7.95. The van der Waals surface area contributed by atoms with Crippen LogP contribution in [0.4, 0.5) is 0 Å². The molecule has 120 valence electrons. The number of hydrogen-bond acceptors (Lipinski definition) is 3. The van der Waals surface area contributed by atoms with Gasteiger partial charge in [-0.3, -0.25) is 20.4 Å². The van der Waals surface area contributed by atoms with E-state index >= 15 is 0 Å². The van der Waals surface area contributed by atoms with E-state index in [4.69, 9.17) is 4.74 Å². The van der Waals surface area contributed by atoms with Crippen molar-refractivity contribution < 1.29 is 14.3 Å². The van der Waals surface area contributed by atoms with Crippen LogP contribution in [0.3, 0.4) is 0 Å². The van der Waals surface area contributed by atoms with Gasteiger partial charge in [0, 0.05) is 5.56 Å². The normalized spacial score (nSPS) is 10.0. The van der Waals surface area contributed by atoms with Crippen LogP contribution in [0.5, 0.6) is 5.75 Å². The summed E-state index contributed by atoms with van der Waals surface area (Å²) in [6.07, 6.45) is 0.922. The Balaban J connectivity index is 1.80. The topological polar surface area (TPSA) is 67.4 Å². The van der Waals surface area contributed by atoms with Gasteiger partial charge in [0.25, 0.3) is 11.8 Å². The van der Waals surface area contributed by atoms with E-state index in [9.17, 15) is 9.59 Å². The molecule has 0 bridgehead atoms. The molecule has 0 spiro atoms. The number of carbonyl (C=O) groups excluding carboxylic acids is 2. The van der Waals surface area contributed by atoms with E-state index in [1.807, 2.05) is 18.2 Å². The Bertz CT molecular complexity index is 689. The molecular formula is C17H17BrN2O3. The molecule has 0 aliphatic rings. The molecule has 2 aromatic carbocycles. The highest BCUT2D eigenvalue weighted by atomic mass is 79.9. The second-order valence-electron chi connectivity index (χ2n) is 4.78. The van der Waals surface area contributed by atoms with Crippen molar-refractivity contribution in [3.05, 3.63) is 64.1 Å². The number of aryl methyl sites for hydroxylation is 1. The fourth-order valence-corrected chi connectivity index (χ4v) is 2.39. The van der Waals surface area contributed by atoms with E-state index in [2.05, 4.69) is 33.7 Å². The lowest BCUT2D eigenvalue weighted by molar-refractivity contribution is -0.123. The van der Waals surface area contributed by atoms with Gasteiger partial charge in [-0.1, -0.05) is 31.2 Å². The first-order valence-electron chi connectivity index (χ1n) is 7.15. The molecule has 0 aliphatic heterocycles. The van der Waals surface area contributed by atoms with Gasteiger partial charge >= 0.3 is 0 Å². The summed E-state index contributed by atoms with van der Waals surface area (Å²) in [4.78, 5) is 23.5. The highest BCUT2D eigenvalue weighted by Crippen LogP contribution is 2.26. The van der Waals surface area contributed by atoms with Gasteiger partial charge in [-0.2, -0.15) is 0 Å². The molecule has 0 aromatic heterocycles. The second-order valence-corrected chi connectivity index (χ2v) is 5.63. The van der Waals surface area contributed by atoms with E-state index in [0.29, 0.717) is 11.3 Å². The molecule has 0 radical (unpaired) electrons. The number of amides is 2. The first kappa shape index (κ1) is 17.0. The van der Waals surface area contributed by atoms with Crippen LogP contribution in [0.15, 0.2) is 53.0 Å². The fourth-order valence-electron chi connectivity index (χ4n) is 1.85. The zero-order valence-corrected chi connectivity index (χ0v) is 14.2. The van der Waals surface area contributed by atoms with Gasteiger partial charge in [-0.05, 0) is 52.2 Å². The molecule has 2 amide bonds. The molecule has 0 atom stereocenters. The summed E-state index contributed by atoms with van der Waals surface area (Å²) >= 11 is 3.40. The van der Waals surface area contributed by atoms with Gasteiger partial charge in [0.1, 0.15) is 5.75 Å². The number of halogens is 1. The van der Waals surface area contributed by atoms with Gasteiger partial charge in [0.2, 0.25) is 0 Å². The maximum absolute atomic E-state index is 11.8. The van der Waals surface area contributed by atoms with E-state index in [1.165, 1.54) is 5.56 Å². The minimum atomic E-state index is -0.444. The highest BCUT2D eigenvalue weighted by Gasteiger charge is 2.08. The van der Waals surface area contributed by atoms with Crippen molar-refractivity contribution in [2.45, 2.75) is 13.3 Å². The second kappa shape index (κ2) is 8.33. The number of rotatable bonds is 5. The van der Waals surface area contributed by atoms with E-state index < -0.39 is 5.91 Å². The zero-order chi connectivity index (χ0) is 16.7. The van der Waals surface area contributed by atoms with Crippen LogP contribution in [0.2, 0.25) is 0 Å². The minimum absolute atomic E-state index is 0.195. The summed E-state index contributed by atoms with van der Waals surface area (Å²) in [6.45, 7) is 1.87. The number of carbonyl (C=O) groups is 2. The maximum Gasteiger partial charge on any atom is 0.276 e. The van der Waals surface area contributed by atoms with Crippen LogP contribution >= 0.6 is 15.9 Å². The molecule has 23 heavy (non-hydrogen) atoms. The lowest BCUT2D eigenvalue weighted by Gasteiger charge is -2.10. The minimum Gasteiger partial charge on any atom is -0.483 e. The molecule has 0 aliphatic carbocycles. The average Bonchev–Trinajstić information content (AvgIpc) is 2.59. The molecule has 0 heterocycles. The summed E-state index contributed by atoms with van der Waals surface area (Å²) in [6, 6.07) is 14.3. The van der Waals surface area contributed by atoms with Crippen molar-refractivity contribution in [2.75, 3.05) is 6.61 Å². The van der Waals surface area contributed by atoms with Crippen LogP contribution in [0.1, 0.15) is 22.8 Å². The van der Waals surface area contributed by atoms with E-state index in [1.54, 1.807) is 30.3 Å². The van der Waals surface area contributed by atoms with Crippen LogP contribution in [-0.2, 0) is 11.2 Å². The number of hydrazine groups is 1. The van der Waals surface area contributed by atoms with Crippen molar-refractivity contribution in [2.24, 2.45) is 0 Å². The Hall–Kier alpha value is -2.34. The van der Waals surface area contributed by atoms with Crippen LogP contribution in [0, 0.1) is 0 Å². The molecule has 0 fully saturated rings. The lowest BCUT2D eigenvalue weighted by atomic mass is 10.2. The first-order chi connectivity index (χ1) is 11.1. The van der Waals surface area contributed by atoms with Crippen LogP contribution in [0.25, 0.3) is 0 Å². The lowest BCUT2D eigenvalue weighted by Crippen LogP contribution is -2.43. The molecule has 2 aromatic rings. The molecule has 0 saturated carbocycles. The molecule has 0 saturated heterocycles. The summed E-state index contributed by atoms with van der Waals surface area (Å²) in [5.41, 5.74) is 6.29. The molecule has 6 heteroatoms. The fraction of sp³-hybridized carbons (Fsp3) is 0.176. The standard InChI is InChI=1S/C17H17BrN2O3/c1-2-12-8-9-15(14(18)10-12)23-11-16(21)19-20-17(22)13-6-4-3-5-7-13/h3-10H,2,11H2,1H3,(H,19,21)(H,20,22). The summed E-state index contributed by atoms with van der Waals surface area (Å²) in [5, 5.41) is 0. The SMILES string of the molecule is CCc1ccc(OCC(=O)NNC(=O)c2ccccc2)c(Br)c1. The molecule has 2 rings (SSSR count). The quantitative estimate of drug-likeness (QED) is 0.788. The Kier molecular flexibility index (Phi) is 6.17. The maximum atomic E-state index is 11.8.